The zero-order chi connectivity index (χ0) is 24.7. The summed E-state index contributed by atoms with van der Waals surface area (Å²) in [4.78, 5) is 0. The standard InChI is InChI=1S/3C7H15O3P.Al/c3*1-10-11(8,9)7-5-3-2-4-6-7;/h3*7H,2-6H2,1H3,(H,8,9);/q;;;+3/p-3. The summed E-state index contributed by atoms with van der Waals surface area (Å²) in [7, 11) is -6.87. The van der Waals surface area contributed by atoms with Crippen molar-refractivity contribution in [2.45, 2.75) is 113 Å². The Labute approximate surface area is 210 Å². The molecule has 0 saturated heterocycles. The van der Waals surface area contributed by atoms with E-state index in [0.29, 0.717) is 38.5 Å². The molecule has 3 aliphatic rings. The molecule has 3 saturated carbocycles. The molecular weight excluding hydrogens is 516 g/mol. The summed E-state index contributed by atoms with van der Waals surface area (Å²) in [5.74, 6) is 0. The maximum Gasteiger partial charge on any atom is 0.926 e. The molecule has 0 amide bonds. The van der Waals surface area contributed by atoms with Gasteiger partial charge in [-0.25, -0.2) is 0 Å². The summed E-state index contributed by atoms with van der Waals surface area (Å²) in [5.41, 5.74) is -0.870. The molecule has 0 aromatic rings. The fourth-order valence-electron chi connectivity index (χ4n) is 5.44. The molecule has 0 aromatic heterocycles. The van der Waals surface area contributed by atoms with Crippen LogP contribution in [-0.4, -0.2) is 53.5 Å². The van der Waals surface area contributed by atoms with Crippen LogP contribution in [0.25, 0.3) is 0 Å². The van der Waals surface area contributed by atoms with Crippen LogP contribution in [0.15, 0.2) is 0 Å². The van der Waals surface area contributed by atoms with Crippen molar-refractivity contribution in [2.24, 2.45) is 0 Å². The average Bonchev–Trinajstić information content (AvgIpc) is 2.89. The predicted molar refractivity (Wildman–Crippen MR) is 133 cm³/mol. The summed E-state index contributed by atoms with van der Waals surface area (Å²) in [5, 5.41) is 0. The maximum atomic E-state index is 13.8. The molecule has 13 heteroatoms. The van der Waals surface area contributed by atoms with Crippen molar-refractivity contribution in [1.82, 2.24) is 0 Å². The van der Waals surface area contributed by atoms with E-state index in [4.69, 9.17) is 24.3 Å². The highest BCUT2D eigenvalue weighted by Gasteiger charge is 2.55. The minimum atomic E-state index is -3.65. The van der Waals surface area contributed by atoms with Crippen LogP contribution in [0.1, 0.15) is 96.3 Å². The molecule has 3 unspecified atom stereocenters. The number of rotatable bonds is 12. The lowest BCUT2D eigenvalue weighted by molar-refractivity contribution is 0.203. The van der Waals surface area contributed by atoms with Crippen LogP contribution in [0.3, 0.4) is 0 Å². The van der Waals surface area contributed by atoms with E-state index in [1.165, 1.54) is 21.3 Å². The Bertz CT molecular complexity index is 665. The summed E-state index contributed by atoms with van der Waals surface area (Å²) in [6.45, 7) is 0. The van der Waals surface area contributed by atoms with E-state index in [1.807, 2.05) is 0 Å². The second-order valence-electron chi connectivity index (χ2n) is 9.65. The topological polar surface area (TPSA) is 107 Å². The minimum Gasteiger partial charge on any atom is -0.384 e. The van der Waals surface area contributed by atoms with Gasteiger partial charge in [0.15, 0.2) is 0 Å². The maximum absolute atomic E-state index is 13.8. The Morgan fingerprint density at radius 1 is 0.471 bits per heavy atom. The van der Waals surface area contributed by atoms with Crippen LogP contribution in [-0.2, 0) is 38.0 Å². The number of hydrogen-bond acceptors (Lipinski definition) is 9. The quantitative estimate of drug-likeness (QED) is 0.177. The first kappa shape index (κ1) is 29.5. The van der Waals surface area contributed by atoms with Crippen LogP contribution in [0.4, 0.5) is 0 Å². The first-order valence-electron chi connectivity index (χ1n) is 12.8. The molecule has 9 nitrogen and oxygen atoms in total. The van der Waals surface area contributed by atoms with E-state index < -0.39 is 37.9 Å². The van der Waals surface area contributed by atoms with Crippen molar-refractivity contribution in [1.29, 1.82) is 0 Å². The second-order valence-corrected chi connectivity index (χ2v) is 19.3. The Morgan fingerprint density at radius 3 is 0.912 bits per heavy atom. The largest absolute Gasteiger partial charge is 0.926 e. The third-order valence-corrected chi connectivity index (χ3v) is 18.9. The van der Waals surface area contributed by atoms with Crippen molar-refractivity contribution in [3.05, 3.63) is 0 Å². The van der Waals surface area contributed by atoms with E-state index in [1.54, 1.807) is 0 Å². The van der Waals surface area contributed by atoms with Gasteiger partial charge in [0, 0.05) is 21.3 Å². The van der Waals surface area contributed by atoms with Crippen molar-refractivity contribution in [3.8, 4) is 0 Å². The number of hydrogen-bond donors (Lipinski definition) is 0. The molecule has 198 valence electrons. The van der Waals surface area contributed by atoms with E-state index in [2.05, 4.69) is 0 Å². The third kappa shape index (κ3) is 7.52. The zero-order valence-electron chi connectivity index (χ0n) is 20.9. The summed E-state index contributed by atoms with van der Waals surface area (Å²) in [6, 6.07) is 0. The molecule has 3 aliphatic carbocycles. The molecule has 0 bridgehead atoms. The Hall–Kier alpha value is 0.982. The molecule has 3 fully saturated rings. The Kier molecular flexibility index (Phi) is 11.9. The molecule has 3 rings (SSSR count). The van der Waals surface area contributed by atoms with Gasteiger partial charge in [0.1, 0.15) is 0 Å². The third-order valence-electron chi connectivity index (χ3n) is 7.53. The van der Waals surface area contributed by atoms with Crippen molar-refractivity contribution >= 4 is 37.9 Å². The second kappa shape index (κ2) is 13.7. The Balaban J connectivity index is 1.87. The van der Waals surface area contributed by atoms with E-state index in [-0.39, 0.29) is 17.0 Å². The van der Waals surface area contributed by atoms with Crippen molar-refractivity contribution in [2.75, 3.05) is 21.3 Å². The van der Waals surface area contributed by atoms with Crippen LogP contribution in [0, 0.1) is 0 Å². The molecule has 0 heterocycles. The zero-order valence-corrected chi connectivity index (χ0v) is 24.8. The SMILES string of the molecule is COP(=O)([O][Al]([O]P(=O)(OC)C1CCCCC1)[O]P(=O)(OC)C1CCCCC1)C1CCCCC1. The highest BCUT2D eigenvalue weighted by Crippen LogP contribution is 2.65. The lowest BCUT2D eigenvalue weighted by atomic mass is 10.0. The monoisotopic (exact) mass is 558 g/mol. The summed E-state index contributed by atoms with van der Waals surface area (Å²) >= 11 is -3.54. The van der Waals surface area contributed by atoms with Gasteiger partial charge < -0.3 is 24.3 Å². The summed E-state index contributed by atoms with van der Waals surface area (Å²) in [6.07, 6.45) is 13.1. The molecule has 0 spiro atoms. The minimum absolute atomic E-state index is 0.290. The van der Waals surface area contributed by atoms with Crippen LogP contribution >= 0.6 is 22.8 Å². The van der Waals surface area contributed by atoms with Gasteiger partial charge in [-0.2, -0.15) is 0 Å². The predicted octanol–water partition coefficient (Wildman–Crippen LogP) is 7.54. The van der Waals surface area contributed by atoms with Crippen LogP contribution in [0.5, 0.6) is 0 Å². The molecular formula is C21H42AlO9P3. The summed E-state index contributed by atoms with van der Waals surface area (Å²) < 4.78 is 75.9. The molecule has 0 radical (unpaired) electrons. The lowest BCUT2D eigenvalue weighted by Crippen LogP contribution is -2.32. The average molecular weight is 558 g/mol. The smallest absolute Gasteiger partial charge is 0.384 e. The van der Waals surface area contributed by atoms with Crippen LogP contribution in [0.2, 0.25) is 0 Å². The van der Waals surface area contributed by atoms with E-state index >= 15 is 0 Å². The van der Waals surface area contributed by atoms with Gasteiger partial charge >= 0.3 is 37.9 Å². The fraction of sp³-hybridized carbons (Fsp3) is 1.00. The first-order valence-corrected chi connectivity index (χ1v) is 19.0. The van der Waals surface area contributed by atoms with Gasteiger partial charge in [-0.05, 0) is 38.5 Å². The molecule has 3 atom stereocenters. The van der Waals surface area contributed by atoms with E-state index in [9.17, 15) is 13.7 Å². The fourth-order valence-corrected chi connectivity index (χ4v) is 16.8. The van der Waals surface area contributed by atoms with Gasteiger partial charge in [-0.1, -0.05) is 57.8 Å². The van der Waals surface area contributed by atoms with Crippen molar-refractivity contribution in [3.63, 3.8) is 0 Å². The molecule has 0 aliphatic heterocycles. The van der Waals surface area contributed by atoms with Crippen molar-refractivity contribution < 1.29 is 38.0 Å². The highest BCUT2D eigenvalue weighted by molar-refractivity contribution is 7.59. The van der Waals surface area contributed by atoms with Gasteiger partial charge in [0.2, 0.25) is 0 Å². The molecule has 0 aromatic carbocycles. The normalized spacial score (nSPS) is 26.9. The lowest BCUT2D eigenvalue weighted by Gasteiger charge is -2.35. The van der Waals surface area contributed by atoms with Crippen LogP contribution < -0.4 is 0 Å². The molecule has 34 heavy (non-hydrogen) atoms. The first-order chi connectivity index (χ1) is 16.3. The molecule has 0 N–H and O–H groups in total. The highest BCUT2D eigenvalue weighted by atomic mass is 31.2. The van der Waals surface area contributed by atoms with Gasteiger partial charge in [-0.15, -0.1) is 0 Å². The van der Waals surface area contributed by atoms with E-state index in [0.717, 1.165) is 57.8 Å². The Morgan fingerprint density at radius 2 is 0.706 bits per heavy atom. The van der Waals surface area contributed by atoms with Gasteiger partial charge in [0.05, 0.1) is 17.0 Å². The van der Waals surface area contributed by atoms with Gasteiger partial charge in [0.25, 0.3) is 0 Å². The van der Waals surface area contributed by atoms with Gasteiger partial charge in [-0.3, -0.25) is 13.7 Å².